The molecule has 0 radical (unpaired) electrons. The zero-order chi connectivity index (χ0) is 13.1. The van der Waals surface area contributed by atoms with Crippen molar-refractivity contribution in [2.75, 3.05) is 0 Å². The van der Waals surface area contributed by atoms with Gasteiger partial charge >= 0.3 is 6.09 Å². The van der Waals surface area contributed by atoms with E-state index in [2.05, 4.69) is 5.32 Å². The first-order valence-electron chi connectivity index (χ1n) is 6.35. The molecule has 4 nitrogen and oxygen atoms in total. The molecule has 0 bridgehead atoms. The highest BCUT2D eigenvalue weighted by Crippen LogP contribution is 2.30. The van der Waals surface area contributed by atoms with Gasteiger partial charge in [0.25, 0.3) is 0 Å². The van der Waals surface area contributed by atoms with Crippen molar-refractivity contribution >= 4 is 11.9 Å². The molecule has 0 saturated heterocycles. The number of hydrogen-bond acceptors (Lipinski definition) is 3. The molecule has 1 unspecified atom stereocenters. The van der Waals surface area contributed by atoms with Crippen molar-refractivity contribution in [2.45, 2.75) is 65.0 Å². The topological polar surface area (TPSA) is 55.4 Å². The van der Waals surface area contributed by atoms with Crippen LogP contribution in [0.15, 0.2) is 0 Å². The number of Topliss-reactive ketones (excluding diaryl/α,β-unsaturated/α-hetero) is 1. The summed E-state index contributed by atoms with van der Waals surface area (Å²) < 4.78 is 5.18. The fraction of sp³-hybridized carbons (Fsp3) is 0.846. The van der Waals surface area contributed by atoms with Gasteiger partial charge in [-0.15, -0.1) is 0 Å². The minimum atomic E-state index is -0.524. The molecule has 0 aromatic heterocycles. The summed E-state index contributed by atoms with van der Waals surface area (Å²) in [6, 6.07) is -0.358. The second-order valence-corrected chi connectivity index (χ2v) is 5.63. The average molecular weight is 241 g/mol. The van der Waals surface area contributed by atoms with Gasteiger partial charge < -0.3 is 10.1 Å². The fourth-order valence-electron chi connectivity index (χ4n) is 1.89. The normalized spacial score (nSPS) is 18.1. The number of amides is 1. The summed E-state index contributed by atoms with van der Waals surface area (Å²) in [6.07, 6.45) is 3.15. The van der Waals surface area contributed by atoms with Crippen LogP contribution in [-0.4, -0.2) is 23.5 Å². The molecule has 1 aliphatic carbocycles. The number of hydrogen-bond donors (Lipinski definition) is 1. The van der Waals surface area contributed by atoms with Crippen molar-refractivity contribution in [3.63, 3.8) is 0 Å². The second kappa shape index (κ2) is 5.52. The Morgan fingerprint density at radius 3 is 2.29 bits per heavy atom. The molecule has 4 heteroatoms. The Labute approximate surface area is 103 Å². The number of nitrogens with one attached hydrogen (secondary N) is 1. The van der Waals surface area contributed by atoms with Crippen molar-refractivity contribution < 1.29 is 14.3 Å². The molecule has 1 amide bonds. The van der Waals surface area contributed by atoms with Crippen molar-refractivity contribution in [2.24, 2.45) is 5.92 Å². The van der Waals surface area contributed by atoms with E-state index in [1.807, 2.05) is 27.7 Å². The lowest BCUT2D eigenvalue weighted by atomic mass is 9.78. The Balaban J connectivity index is 2.54. The van der Waals surface area contributed by atoms with Crippen LogP contribution in [0.2, 0.25) is 0 Å². The summed E-state index contributed by atoms with van der Waals surface area (Å²) in [7, 11) is 0. The van der Waals surface area contributed by atoms with Crippen molar-refractivity contribution in [3.8, 4) is 0 Å². The van der Waals surface area contributed by atoms with Crippen LogP contribution in [0.3, 0.4) is 0 Å². The van der Waals surface area contributed by atoms with Crippen LogP contribution >= 0.6 is 0 Å². The lowest BCUT2D eigenvalue weighted by Gasteiger charge is -2.33. The number of carbonyl (C=O) groups is 2. The highest BCUT2D eigenvalue weighted by atomic mass is 16.6. The van der Waals surface area contributed by atoms with Gasteiger partial charge in [0.05, 0.1) is 6.04 Å². The van der Waals surface area contributed by atoms with Gasteiger partial charge in [0, 0.05) is 6.42 Å². The first-order chi connectivity index (χ1) is 7.83. The predicted octanol–water partition coefficient (Wildman–Crippen LogP) is 2.66. The largest absolute Gasteiger partial charge is 0.444 e. The first-order valence-corrected chi connectivity index (χ1v) is 6.35. The Morgan fingerprint density at radius 2 is 1.94 bits per heavy atom. The van der Waals surface area contributed by atoms with E-state index >= 15 is 0 Å². The van der Waals surface area contributed by atoms with Gasteiger partial charge in [0.1, 0.15) is 5.60 Å². The van der Waals surface area contributed by atoms with Gasteiger partial charge in [-0.3, -0.25) is 4.79 Å². The molecule has 0 aromatic carbocycles. The van der Waals surface area contributed by atoms with Crippen LogP contribution in [0.4, 0.5) is 4.79 Å². The Morgan fingerprint density at radius 1 is 1.35 bits per heavy atom. The summed E-state index contributed by atoms with van der Waals surface area (Å²) in [4.78, 5) is 23.4. The molecule has 17 heavy (non-hydrogen) atoms. The maximum Gasteiger partial charge on any atom is 0.408 e. The Kier molecular flexibility index (Phi) is 4.54. The quantitative estimate of drug-likeness (QED) is 0.823. The SMILES string of the molecule is CCC(=O)C(NC(=O)OC(C)(C)C)C1CCC1. The van der Waals surface area contributed by atoms with Crippen molar-refractivity contribution in [1.29, 1.82) is 0 Å². The summed E-state index contributed by atoms with van der Waals surface area (Å²) in [5, 5.41) is 2.72. The van der Waals surface area contributed by atoms with Gasteiger partial charge in [-0.2, -0.15) is 0 Å². The molecule has 0 aromatic rings. The molecule has 1 saturated carbocycles. The Hall–Kier alpha value is -1.06. The number of alkyl carbamates (subject to hydrolysis) is 1. The first kappa shape index (κ1) is 14.0. The zero-order valence-electron chi connectivity index (χ0n) is 11.2. The molecule has 0 heterocycles. The molecule has 0 aliphatic heterocycles. The van der Waals surface area contributed by atoms with Gasteiger partial charge in [-0.25, -0.2) is 4.79 Å². The highest BCUT2D eigenvalue weighted by molar-refractivity contribution is 5.87. The van der Waals surface area contributed by atoms with E-state index in [-0.39, 0.29) is 11.8 Å². The van der Waals surface area contributed by atoms with Crippen LogP contribution in [0, 0.1) is 5.92 Å². The minimum Gasteiger partial charge on any atom is -0.444 e. The predicted molar refractivity (Wildman–Crippen MR) is 65.8 cm³/mol. The maximum atomic E-state index is 11.8. The molecule has 0 spiro atoms. The maximum absolute atomic E-state index is 11.8. The van der Waals surface area contributed by atoms with Crippen molar-refractivity contribution in [1.82, 2.24) is 5.32 Å². The molecular formula is C13H23NO3. The lowest BCUT2D eigenvalue weighted by molar-refractivity contribution is -0.122. The number of rotatable bonds is 4. The third kappa shape index (κ3) is 4.36. The van der Waals surface area contributed by atoms with Gasteiger partial charge in [0.15, 0.2) is 5.78 Å². The van der Waals surface area contributed by atoms with E-state index in [0.717, 1.165) is 19.3 Å². The van der Waals surface area contributed by atoms with E-state index in [1.165, 1.54) is 0 Å². The van der Waals surface area contributed by atoms with Crippen LogP contribution in [0.1, 0.15) is 53.4 Å². The van der Waals surface area contributed by atoms with E-state index < -0.39 is 11.7 Å². The number of ketones is 1. The number of ether oxygens (including phenoxy) is 1. The molecule has 1 aliphatic rings. The van der Waals surface area contributed by atoms with Crippen molar-refractivity contribution in [3.05, 3.63) is 0 Å². The Bertz CT molecular complexity index is 290. The molecule has 1 rings (SSSR count). The van der Waals surface area contributed by atoms with E-state index in [0.29, 0.717) is 12.3 Å². The second-order valence-electron chi connectivity index (χ2n) is 5.63. The third-order valence-electron chi connectivity index (χ3n) is 2.99. The van der Waals surface area contributed by atoms with Crippen LogP contribution in [0.5, 0.6) is 0 Å². The van der Waals surface area contributed by atoms with E-state index in [9.17, 15) is 9.59 Å². The van der Waals surface area contributed by atoms with Crippen LogP contribution in [0.25, 0.3) is 0 Å². The summed E-state index contributed by atoms with van der Waals surface area (Å²) in [5.41, 5.74) is -0.524. The minimum absolute atomic E-state index is 0.0977. The van der Waals surface area contributed by atoms with Gasteiger partial charge in [0.2, 0.25) is 0 Å². The van der Waals surface area contributed by atoms with E-state index in [4.69, 9.17) is 4.74 Å². The summed E-state index contributed by atoms with van der Waals surface area (Å²) >= 11 is 0. The molecule has 1 fully saturated rings. The van der Waals surface area contributed by atoms with Crippen LogP contribution < -0.4 is 5.32 Å². The van der Waals surface area contributed by atoms with Gasteiger partial charge in [-0.1, -0.05) is 13.3 Å². The number of carbonyl (C=O) groups excluding carboxylic acids is 2. The monoisotopic (exact) mass is 241 g/mol. The zero-order valence-corrected chi connectivity index (χ0v) is 11.2. The smallest absolute Gasteiger partial charge is 0.408 e. The fourth-order valence-corrected chi connectivity index (χ4v) is 1.89. The molecule has 1 atom stereocenters. The third-order valence-corrected chi connectivity index (χ3v) is 2.99. The summed E-state index contributed by atoms with van der Waals surface area (Å²) in [6.45, 7) is 7.26. The average Bonchev–Trinajstić information content (AvgIpc) is 2.09. The molecule has 1 N–H and O–H groups in total. The summed E-state index contributed by atoms with van der Waals surface area (Å²) in [5.74, 6) is 0.399. The highest BCUT2D eigenvalue weighted by Gasteiger charge is 2.33. The van der Waals surface area contributed by atoms with E-state index in [1.54, 1.807) is 0 Å². The van der Waals surface area contributed by atoms with Gasteiger partial charge in [-0.05, 0) is 39.5 Å². The molecule has 98 valence electrons. The molecular weight excluding hydrogens is 218 g/mol. The lowest BCUT2D eigenvalue weighted by Crippen LogP contribution is -2.49. The van der Waals surface area contributed by atoms with Crippen LogP contribution in [-0.2, 0) is 9.53 Å². The standard InChI is InChI=1S/C13H23NO3/c1-5-10(15)11(9-7-6-8-9)14-12(16)17-13(2,3)4/h9,11H,5-8H2,1-4H3,(H,14,16).